The lowest BCUT2D eigenvalue weighted by atomic mass is 10.2. The van der Waals surface area contributed by atoms with Gasteiger partial charge < -0.3 is 24.8 Å². The maximum Gasteiger partial charge on any atom is 0.219 e. The molecule has 0 saturated carbocycles. The van der Waals surface area contributed by atoms with Crippen molar-refractivity contribution >= 4 is 5.96 Å². The van der Waals surface area contributed by atoms with Gasteiger partial charge in [0.2, 0.25) is 11.6 Å². The highest BCUT2D eigenvalue weighted by Gasteiger charge is 2.13. The number of halogens is 1. The molecule has 2 N–H and O–H groups in total. The third-order valence-corrected chi connectivity index (χ3v) is 4.52. The van der Waals surface area contributed by atoms with Gasteiger partial charge in [0.15, 0.2) is 17.5 Å². The van der Waals surface area contributed by atoms with Crippen LogP contribution in [0.1, 0.15) is 18.1 Å². The number of guanidine groups is 1. The van der Waals surface area contributed by atoms with Gasteiger partial charge in [0.1, 0.15) is 5.82 Å². The molecule has 0 fully saturated rings. The molecule has 7 nitrogen and oxygen atoms in total. The van der Waals surface area contributed by atoms with Gasteiger partial charge in [-0.05, 0) is 42.3 Å². The van der Waals surface area contributed by atoms with Gasteiger partial charge in [-0.1, -0.05) is 24.3 Å². The van der Waals surface area contributed by atoms with Crippen molar-refractivity contribution in [3.05, 3.63) is 77.7 Å². The fourth-order valence-electron chi connectivity index (χ4n) is 2.89. The standard InChI is InChI=1S/C24H27FN4O3/c1-4-26-24(28-14-17-8-11-19(25)12-9-17)29-16-18-10-13-22(27-15-18)32-23-20(30-2)6-5-7-21(23)31-3/h5-13,15H,4,14,16H2,1-3H3,(H2,26,28,29). The number of nitrogens with zero attached hydrogens (tertiary/aromatic N) is 2. The number of rotatable bonds is 9. The van der Waals surface area contributed by atoms with Crippen molar-refractivity contribution in [1.82, 2.24) is 15.6 Å². The minimum Gasteiger partial charge on any atom is -0.493 e. The smallest absolute Gasteiger partial charge is 0.219 e. The van der Waals surface area contributed by atoms with Crippen LogP contribution >= 0.6 is 0 Å². The maximum atomic E-state index is 13.1. The third kappa shape index (κ3) is 6.34. The average molecular weight is 439 g/mol. The minimum absolute atomic E-state index is 0.251. The van der Waals surface area contributed by atoms with E-state index in [9.17, 15) is 4.39 Å². The Hall–Kier alpha value is -3.81. The molecule has 0 aliphatic rings. The molecule has 0 bridgehead atoms. The Balaban J connectivity index is 1.63. The summed E-state index contributed by atoms with van der Waals surface area (Å²) in [5.74, 6) is 2.41. The Labute approximate surface area is 187 Å². The Morgan fingerprint density at radius 1 is 0.938 bits per heavy atom. The molecular formula is C24H27FN4O3. The Morgan fingerprint density at radius 3 is 2.22 bits per heavy atom. The summed E-state index contributed by atoms with van der Waals surface area (Å²) < 4.78 is 29.6. The number of ether oxygens (including phenoxy) is 3. The van der Waals surface area contributed by atoms with E-state index < -0.39 is 0 Å². The number of nitrogens with one attached hydrogen (secondary N) is 2. The second-order valence-electron chi connectivity index (χ2n) is 6.77. The molecule has 0 unspecified atom stereocenters. The van der Waals surface area contributed by atoms with Gasteiger partial charge in [-0.25, -0.2) is 14.4 Å². The summed E-state index contributed by atoms with van der Waals surface area (Å²) in [5.41, 5.74) is 1.88. The monoisotopic (exact) mass is 438 g/mol. The molecule has 0 radical (unpaired) electrons. The maximum absolute atomic E-state index is 13.1. The molecule has 168 valence electrons. The molecule has 8 heteroatoms. The number of aliphatic imine (C=N–C) groups is 1. The number of hydrogen-bond acceptors (Lipinski definition) is 5. The number of benzene rings is 2. The third-order valence-electron chi connectivity index (χ3n) is 4.52. The van der Waals surface area contributed by atoms with E-state index in [-0.39, 0.29) is 5.82 Å². The SMILES string of the molecule is CCNC(=NCc1ccc(Oc2c(OC)cccc2OC)nc1)NCc1ccc(F)cc1. The fraction of sp³-hybridized carbons (Fsp3) is 0.250. The van der Waals surface area contributed by atoms with E-state index in [2.05, 4.69) is 20.6 Å². The van der Waals surface area contributed by atoms with Gasteiger partial charge in [-0.15, -0.1) is 0 Å². The molecular weight excluding hydrogens is 411 g/mol. The van der Waals surface area contributed by atoms with E-state index in [1.165, 1.54) is 12.1 Å². The summed E-state index contributed by atoms with van der Waals surface area (Å²) in [6.07, 6.45) is 1.71. The number of pyridine rings is 1. The Morgan fingerprint density at radius 2 is 1.62 bits per heavy atom. The van der Waals surface area contributed by atoms with E-state index in [1.807, 2.05) is 19.1 Å². The summed E-state index contributed by atoms with van der Waals surface area (Å²) >= 11 is 0. The van der Waals surface area contributed by atoms with Gasteiger partial charge in [0.25, 0.3) is 0 Å². The van der Waals surface area contributed by atoms with Gasteiger partial charge in [-0.2, -0.15) is 0 Å². The van der Waals surface area contributed by atoms with Crippen molar-refractivity contribution in [2.75, 3.05) is 20.8 Å². The van der Waals surface area contributed by atoms with Gasteiger partial charge in [0, 0.05) is 25.4 Å². The number of methoxy groups -OCH3 is 2. The molecule has 0 spiro atoms. The largest absolute Gasteiger partial charge is 0.493 e. The first-order valence-electron chi connectivity index (χ1n) is 10.2. The van der Waals surface area contributed by atoms with Crippen molar-refractivity contribution in [1.29, 1.82) is 0 Å². The molecule has 3 rings (SSSR count). The molecule has 1 heterocycles. The van der Waals surface area contributed by atoms with Crippen LogP contribution in [0.2, 0.25) is 0 Å². The molecule has 0 saturated heterocycles. The molecule has 32 heavy (non-hydrogen) atoms. The van der Waals surface area contributed by atoms with Crippen LogP contribution in [-0.2, 0) is 13.1 Å². The van der Waals surface area contributed by atoms with E-state index in [4.69, 9.17) is 14.2 Å². The Kier molecular flexibility index (Phi) is 8.25. The van der Waals surface area contributed by atoms with Crippen LogP contribution in [0, 0.1) is 5.82 Å². The lowest BCUT2D eigenvalue weighted by molar-refractivity contribution is 0.342. The van der Waals surface area contributed by atoms with Gasteiger partial charge in [-0.3, -0.25) is 0 Å². The van der Waals surface area contributed by atoms with Gasteiger partial charge >= 0.3 is 0 Å². The zero-order valence-corrected chi connectivity index (χ0v) is 18.4. The fourth-order valence-corrected chi connectivity index (χ4v) is 2.89. The predicted octanol–water partition coefficient (Wildman–Crippen LogP) is 4.29. The first-order chi connectivity index (χ1) is 15.6. The first-order valence-corrected chi connectivity index (χ1v) is 10.2. The minimum atomic E-state index is -0.251. The highest BCUT2D eigenvalue weighted by molar-refractivity contribution is 5.79. The molecule has 2 aromatic carbocycles. The average Bonchev–Trinajstić information content (AvgIpc) is 2.83. The van der Waals surface area contributed by atoms with Crippen LogP contribution in [-0.4, -0.2) is 31.7 Å². The second kappa shape index (κ2) is 11.5. The second-order valence-corrected chi connectivity index (χ2v) is 6.77. The zero-order chi connectivity index (χ0) is 22.8. The number of hydrogen-bond donors (Lipinski definition) is 2. The first kappa shape index (κ1) is 22.9. The summed E-state index contributed by atoms with van der Waals surface area (Å²) in [7, 11) is 3.14. The summed E-state index contributed by atoms with van der Waals surface area (Å²) in [6.45, 7) is 3.69. The van der Waals surface area contributed by atoms with Crippen LogP contribution in [0.15, 0.2) is 65.8 Å². The molecule has 0 atom stereocenters. The molecule has 3 aromatic rings. The summed E-state index contributed by atoms with van der Waals surface area (Å²) in [6, 6.07) is 15.5. The summed E-state index contributed by atoms with van der Waals surface area (Å²) in [5, 5.41) is 6.44. The normalized spacial score (nSPS) is 11.1. The topological polar surface area (TPSA) is 77.0 Å². The highest BCUT2D eigenvalue weighted by atomic mass is 19.1. The zero-order valence-electron chi connectivity index (χ0n) is 18.4. The Bertz CT molecular complexity index is 1000. The van der Waals surface area contributed by atoms with Crippen LogP contribution in [0.3, 0.4) is 0 Å². The quantitative estimate of drug-likeness (QED) is 0.384. The van der Waals surface area contributed by atoms with Crippen molar-refractivity contribution in [2.24, 2.45) is 4.99 Å². The van der Waals surface area contributed by atoms with Crippen LogP contribution in [0.25, 0.3) is 0 Å². The summed E-state index contributed by atoms with van der Waals surface area (Å²) in [4.78, 5) is 8.96. The van der Waals surface area contributed by atoms with E-state index in [0.717, 1.165) is 17.7 Å². The van der Waals surface area contributed by atoms with Crippen LogP contribution in [0.4, 0.5) is 4.39 Å². The lowest BCUT2D eigenvalue weighted by Crippen LogP contribution is -2.36. The van der Waals surface area contributed by atoms with E-state index in [1.54, 1.807) is 50.7 Å². The van der Waals surface area contributed by atoms with Crippen molar-refractivity contribution in [3.8, 4) is 23.1 Å². The van der Waals surface area contributed by atoms with Crippen molar-refractivity contribution < 1.29 is 18.6 Å². The van der Waals surface area contributed by atoms with Gasteiger partial charge in [0.05, 0.1) is 20.8 Å². The lowest BCUT2D eigenvalue weighted by Gasteiger charge is -2.13. The molecule has 0 aliphatic heterocycles. The van der Waals surface area contributed by atoms with Crippen molar-refractivity contribution in [3.63, 3.8) is 0 Å². The van der Waals surface area contributed by atoms with Crippen LogP contribution in [0.5, 0.6) is 23.1 Å². The number of aromatic nitrogens is 1. The van der Waals surface area contributed by atoms with E-state index in [0.29, 0.717) is 42.2 Å². The van der Waals surface area contributed by atoms with E-state index >= 15 is 0 Å². The molecule has 0 aliphatic carbocycles. The van der Waals surface area contributed by atoms with Crippen molar-refractivity contribution in [2.45, 2.75) is 20.0 Å². The van der Waals surface area contributed by atoms with Crippen LogP contribution < -0.4 is 24.8 Å². The molecule has 0 amide bonds. The molecule has 1 aromatic heterocycles. The highest BCUT2D eigenvalue weighted by Crippen LogP contribution is 2.39. The predicted molar refractivity (Wildman–Crippen MR) is 122 cm³/mol. The number of para-hydroxylation sites is 1.